The number of anilines is 2. The second-order valence-corrected chi connectivity index (χ2v) is 8.24. The van der Waals surface area contributed by atoms with Crippen molar-refractivity contribution in [1.29, 1.82) is 0 Å². The Morgan fingerprint density at radius 3 is 2.22 bits per heavy atom. The summed E-state index contributed by atoms with van der Waals surface area (Å²) in [6.07, 6.45) is 0. The highest BCUT2D eigenvalue weighted by molar-refractivity contribution is 6.54. The summed E-state index contributed by atoms with van der Waals surface area (Å²) in [6, 6.07) is 22.6. The first kappa shape index (κ1) is 20.4. The summed E-state index contributed by atoms with van der Waals surface area (Å²) in [7, 11) is 0. The third-order valence-electron chi connectivity index (χ3n) is 6.08. The molecule has 0 radical (unpaired) electrons. The van der Waals surface area contributed by atoms with Crippen LogP contribution in [0.5, 0.6) is 0 Å². The molecule has 2 heterocycles. The van der Waals surface area contributed by atoms with Crippen molar-refractivity contribution in [3.8, 4) is 0 Å². The minimum Gasteiger partial charge on any atom is -0.367 e. The zero-order chi connectivity index (χ0) is 22.1. The van der Waals surface area contributed by atoms with Gasteiger partial charge in [0.15, 0.2) is 0 Å². The molecule has 1 saturated heterocycles. The van der Waals surface area contributed by atoms with Gasteiger partial charge in [-0.3, -0.25) is 14.6 Å². The van der Waals surface area contributed by atoms with E-state index in [4.69, 9.17) is 0 Å². The van der Waals surface area contributed by atoms with Crippen LogP contribution >= 0.6 is 0 Å². The maximum atomic E-state index is 14.1. The standard InChI is InChI=1S/C26H25FN4O/c1-19-10-12-20(13-11-19)28-25-21-6-2-4-8-23(21)31(26(25)32)18-29-14-16-30(17-15-29)24-9-5-3-7-22(24)27/h2-13H,14-18H2,1H3. The van der Waals surface area contributed by atoms with Gasteiger partial charge in [-0.15, -0.1) is 0 Å². The number of aryl methyl sites for hydroxylation is 1. The van der Waals surface area contributed by atoms with E-state index in [1.807, 2.05) is 67.6 Å². The number of carbonyl (C=O) groups is 1. The van der Waals surface area contributed by atoms with Crippen LogP contribution in [-0.4, -0.2) is 49.4 Å². The van der Waals surface area contributed by atoms with Crippen LogP contribution in [0.3, 0.4) is 0 Å². The number of nitrogens with zero attached hydrogens (tertiary/aromatic N) is 4. The smallest absolute Gasteiger partial charge is 0.278 e. The van der Waals surface area contributed by atoms with Gasteiger partial charge < -0.3 is 4.90 Å². The maximum absolute atomic E-state index is 14.1. The molecule has 32 heavy (non-hydrogen) atoms. The summed E-state index contributed by atoms with van der Waals surface area (Å²) < 4.78 is 14.1. The summed E-state index contributed by atoms with van der Waals surface area (Å²) in [5.41, 5.74) is 4.80. The quantitative estimate of drug-likeness (QED) is 0.619. The van der Waals surface area contributed by atoms with Crippen LogP contribution in [0.25, 0.3) is 0 Å². The highest BCUT2D eigenvalue weighted by atomic mass is 19.1. The Bertz CT molecular complexity index is 1170. The van der Waals surface area contributed by atoms with E-state index in [1.54, 1.807) is 11.0 Å². The van der Waals surface area contributed by atoms with Crippen LogP contribution in [0.15, 0.2) is 77.8 Å². The topological polar surface area (TPSA) is 39.2 Å². The molecule has 3 aromatic rings. The predicted molar refractivity (Wildman–Crippen MR) is 126 cm³/mol. The molecule has 3 aromatic carbocycles. The summed E-state index contributed by atoms with van der Waals surface area (Å²) in [5, 5.41) is 0. The summed E-state index contributed by atoms with van der Waals surface area (Å²) >= 11 is 0. The minimum atomic E-state index is -0.193. The molecule has 0 unspecified atom stereocenters. The van der Waals surface area contributed by atoms with Crippen molar-refractivity contribution < 1.29 is 9.18 Å². The molecule has 0 N–H and O–H groups in total. The van der Waals surface area contributed by atoms with Crippen LogP contribution < -0.4 is 9.80 Å². The number of piperazine rings is 1. The molecule has 0 bridgehead atoms. The number of benzene rings is 3. The van der Waals surface area contributed by atoms with E-state index in [0.29, 0.717) is 18.1 Å². The molecular formula is C26H25FN4O. The fourth-order valence-electron chi connectivity index (χ4n) is 4.30. The second kappa shape index (κ2) is 8.55. The van der Waals surface area contributed by atoms with Crippen molar-refractivity contribution in [1.82, 2.24) is 4.90 Å². The van der Waals surface area contributed by atoms with Gasteiger partial charge in [-0.05, 0) is 37.3 Å². The number of rotatable bonds is 4. The average Bonchev–Trinajstić information content (AvgIpc) is 3.07. The fraction of sp³-hybridized carbons (Fsp3) is 0.231. The van der Waals surface area contributed by atoms with Crippen LogP contribution in [0, 0.1) is 12.7 Å². The Morgan fingerprint density at radius 1 is 0.844 bits per heavy atom. The van der Waals surface area contributed by atoms with E-state index in [1.165, 1.54) is 6.07 Å². The number of para-hydroxylation sites is 2. The molecule has 0 aliphatic carbocycles. The molecule has 5 rings (SSSR count). The highest BCUT2D eigenvalue weighted by Crippen LogP contribution is 2.31. The first-order valence-electron chi connectivity index (χ1n) is 10.9. The average molecular weight is 429 g/mol. The van der Waals surface area contributed by atoms with Crippen molar-refractivity contribution in [2.45, 2.75) is 6.92 Å². The van der Waals surface area contributed by atoms with E-state index in [-0.39, 0.29) is 11.7 Å². The molecule has 6 heteroatoms. The van der Waals surface area contributed by atoms with Crippen LogP contribution in [-0.2, 0) is 4.79 Å². The van der Waals surface area contributed by atoms with Gasteiger partial charge in [-0.1, -0.05) is 48.0 Å². The van der Waals surface area contributed by atoms with Crippen molar-refractivity contribution in [2.75, 3.05) is 42.6 Å². The molecule has 5 nitrogen and oxygen atoms in total. The molecule has 0 atom stereocenters. The molecule has 162 valence electrons. The monoisotopic (exact) mass is 428 g/mol. The Hall–Kier alpha value is -3.51. The third kappa shape index (κ3) is 3.89. The predicted octanol–water partition coefficient (Wildman–Crippen LogP) is 4.38. The molecule has 0 spiro atoms. The van der Waals surface area contributed by atoms with Gasteiger partial charge in [0.2, 0.25) is 0 Å². The summed E-state index contributed by atoms with van der Waals surface area (Å²) in [5.74, 6) is -0.273. The van der Waals surface area contributed by atoms with E-state index in [0.717, 1.165) is 48.7 Å². The molecule has 2 aliphatic rings. The van der Waals surface area contributed by atoms with Gasteiger partial charge in [0.25, 0.3) is 5.91 Å². The lowest BCUT2D eigenvalue weighted by Gasteiger charge is -2.37. The Kier molecular flexibility index (Phi) is 5.45. The second-order valence-electron chi connectivity index (χ2n) is 8.24. The number of hydrogen-bond acceptors (Lipinski definition) is 4. The van der Waals surface area contributed by atoms with E-state index in [2.05, 4.69) is 14.8 Å². The van der Waals surface area contributed by atoms with Gasteiger partial charge in [-0.2, -0.15) is 0 Å². The third-order valence-corrected chi connectivity index (χ3v) is 6.08. The molecule has 1 fully saturated rings. The van der Waals surface area contributed by atoms with E-state index >= 15 is 0 Å². The van der Waals surface area contributed by atoms with Gasteiger partial charge in [0, 0.05) is 31.7 Å². The Morgan fingerprint density at radius 2 is 1.50 bits per heavy atom. The van der Waals surface area contributed by atoms with Crippen LogP contribution in [0.1, 0.15) is 11.1 Å². The summed E-state index contributed by atoms with van der Waals surface area (Å²) in [4.78, 5) is 24.1. The van der Waals surface area contributed by atoms with Crippen molar-refractivity contribution in [2.24, 2.45) is 4.99 Å². The lowest BCUT2D eigenvalue weighted by atomic mass is 10.1. The number of amides is 1. The number of halogens is 1. The highest BCUT2D eigenvalue weighted by Gasteiger charge is 2.35. The van der Waals surface area contributed by atoms with Gasteiger partial charge in [0.05, 0.1) is 23.7 Å². The molecule has 0 aromatic heterocycles. The number of carbonyl (C=O) groups excluding carboxylic acids is 1. The molecule has 2 aliphatic heterocycles. The molecule has 1 amide bonds. The zero-order valence-corrected chi connectivity index (χ0v) is 18.0. The number of hydrogen-bond donors (Lipinski definition) is 0. The van der Waals surface area contributed by atoms with E-state index in [9.17, 15) is 9.18 Å². The SMILES string of the molecule is Cc1ccc(N=C2C(=O)N(CN3CCN(c4ccccc4F)CC3)c3ccccc32)cc1. The Balaban J connectivity index is 1.33. The first-order valence-corrected chi connectivity index (χ1v) is 10.9. The lowest BCUT2D eigenvalue weighted by Crippen LogP contribution is -2.51. The largest absolute Gasteiger partial charge is 0.367 e. The zero-order valence-electron chi connectivity index (χ0n) is 18.0. The Labute approximate surface area is 187 Å². The number of aliphatic imine (C=N–C) groups is 1. The normalized spacial score (nSPS) is 17.8. The number of fused-ring (bicyclic) bond motifs is 1. The van der Waals surface area contributed by atoms with Crippen LogP contribution in [0.2, 0.25) is 0 Å². The van der Waals surface area contributed by atoms with E-state index < -0.39 is 0 Å². The van der Waals surface area contributed by atoms with Gasteiger partial charge >= 0.3 is 0 Å². The lowest BCUT2D eigenvalue weighted by molar-refractivity contribution is -0.112. The van der Waals surface area contributed by atoms with Gasteiger partial charge in [0.1, 0.15) is 11.5 Å². The molecular weight excluding hydrogens is 403 g/mol. The van der Waals surface area contributed by atoms with Crippen molar-refractivity contribution in [3.63, 3.8) is 0 Å². The van der Waals surface area contributed by atoms with Gasteiger partial charge in [-0.25, -0.2) is 9.38 Å². The first-order chi connectivity index (χ1) is 15.6. The van der Waals surface area contributed by atoms with Crippen molar-refractivity contribution in [3.05, 3.63) is 89.7 Å². The summed E-state index contributed by atoms with van der Waals surface area (Å²) in [6.45, 7) is 5.47. The maximum Gasteiger partial charge on any atom is 0.278 e. The fourth-order valence-corrected chi connectivity index (χ4v) is 4.30. The van der Waals surface area contributed by atoms with Crippen LogP contribution in [0.4, 0.5) is 21.5 Å². The van der Waals surface area contributed by atoms with Crippen molar-refractivity contribution >= 4 is 28.7 Å². The molecule has 0 saturated carbocycles. The minimum absolute atomic E-state index is 0.0803.